The first-order valence-corrected chi connectivity index (χ1v) is 6.50. The van der Waals surface area contributed by atoms with Crippen molar-refractivity contribution in [1.29, 1.82) is 0 Å². The Hall–Kier alpha value is -2.03. The highest BCUT2D eigenvalue weighted by molar-refractivity contribution is 5.88. The summed E-state index contributed by atoms with van der Waals surface area (Å²) in [4.78, 5) is 11.3. The fourth-order valence-electron chi connectivity index (χ4n) is 1.98. The summed E-state index contributed by atoms with van der Waals surface area (Å²) >= 11 is 0. The third kappa shape index (κ3) is 2.55. The summed E-state index contributed by atoms with van der Waals surface area (Å²) in [7, 11) is 0. The second kappa shape index (κ2) is 4.92. The Labute approximate surface area is 112 Å². The van der Waals surface area contributed by atoms with Crippen LogP contribution < -0.4 is 10.4 Å². The molecule has 0 unspecified atom stereocenters. The number of ether oxygens (including phenoxy) is 1. The quantitative estimate of drug-likeness (QED) is 0.670. The summed E-state index contributed by atoms with van der Waals surface area (Å²) in [5.74, 6) is 0.749. The van der Waals surface area contributed by atoms with Crippen molar-refractivity contribution >= 4 is 17.0 Å². The van der Waals surface area contributed by atoms with E-state index in [1.807, 2.05) is 52.0 Å². The van der Waals surface area contributed by atoms with Crippen LogP contribution in [0.25, 0.3) is 17.0 Å². The third-order valence-electron chi connectivity index (χ3n) is 2.81. The first-order chi connectivity index (χ1) is 9.05. The van der Waals surface area contributed by atoms with E-state index in [1.54, 1.807) is 6.07 Å². The summed E-state index contributed by atoms with van der Waals surface area (Å²) in [5.41, 5.74) is 0.751. The van der Waals surface area contributed by atoms with Crippen molar-refractivity contribution in [2.45, 2.75) is 33.3 Å². The van der Waals surface area contributed by atoms with Crippen molar-refractivity contribution in [3.05, 3.63) is 46.3 Å². The molecule has 3 nitrogen and oxygen atoms in total. The maximum absolute atomic E-state index is 11.3. The molecule has 0 atom stereocenters. The van der Waals surface area contributed by atoms with Crippen LogP contribution in [-0.4, -0.2) is 5.60 Å². The second-order valence-electron chi connectivity index (χ2n) is 4.69. The topological polar surface area (TPSA) is 39.4 Å². The molecule has 0 saturated heterocycles. The fourth-order valence-corrected chi connectivity index (χ4v) is 1.98. The van der Waals surface area contributed by atoms with Crippen molar-refractivity contribution in [1.82, 2.24) is 0 Å². The maximum atomic E-state index is 11.3. The highest BCUT2D eigenvalue weighted by atomic mass is 16.5. The maximum Gasteiger partial charge on any atom is 0.336 e. The van der Waals surface area contributed by atoms with E-state index in [0.29, 0.717) is 5.58 Å². The van der Waals surface area contributed by atoms with Gasteiger partial charge in [-0.25, -0.2) is 4.79 Å². The smallest absolute Gasteiger partial charge is 0.336 e. The van der Waals surface area contributed by atoms with Crippen molar-refractivity contribution in [2.75, 3.05) is 0 Å². The molecule has 0 saturated carbocycles. The van der Waals surface area contributed by atoms with E-state index in [4.69, 9.17) is 9.15 Å². The van der Waals surface area contributed by atoms with Crippen LogP contribution in [0.2, 0.25) is 0 Å². The van der Waals surface area contributed by atoms with Gasteiger partial charge in [-0.3, -0.25) is 0 Å². The lowest BCUT2D eigenvalue weighted by Crippen LogP contribution is -2.27. The van der Waals surface area contributed by atoms with Crippen molar-refractivity contribution < 1.29 is 9.15 Å². The monoisotopic (exact) mass is 258 g/mol. The van der Waals surface area contributed by atoms with Crippen LogP contribution in [0.4, 0.5) is 0 Å². The fraction of sp³-hybridized carbons (Fsp3) is 0.312. The molecule has 1 aliphatic heterocycles. The van der Waals surface area contributed by atoms with Gasteiger partial charge in [0.25, 0.3) is 0 Å². The van der Waals surface area contributed by atoms with Crippen molar-refractivity contribution in [3.63, 3.8) is 0 Å². The van der Waals surface area contributed by atoms with Gasteiger partial charge in [0, 0.05) is 11.5 Å². The van der Waals surface area contributed by atoms with E-state index >= 15 is 0 Å². The van der Waals surface area contributed by atoms with Crippen LogP contribution in [0.1, 0.15) is 33.3 Å². The first-order valence-electron chi connectivity index (χ1n) is 6.50. The Morgan fingerprint density at radius 2 is 1.74 bits per heavy atom. The lowest BCUT2D eigenvalue weighted by atomic mass is 10.0. The summed E-state index contributed by atoms with van der Waals surface area (Å²) in [6.07, 6.45) is 3.91. The van der Waals surface area contributed by atoms with Crippen LogP contribution in [-0.2, 0) is 0 Å². The zero-order chi connectivity index (χ0) is 14.0. The standard InChI is InChI=1S/C14H12O3.C2H6/c1-14(2)8-7-10-11(17-14)5-3-9-4-6-12(15)16-13(9)10;1-2/h3-8H,1-2H3;1-2H3. The van der Waals surface area contributed by atoms with Crippen LogP contribution in [0, 0.1) is 0 Å². The molecule has 0 aliphatic carbocycles. The highest BCUT2D eigenvalue weighted by Gasteiger charge is 2.23. The van der Waals surface area contributed by atoms with Crippen molar-refractivity contribution in [2.24, 2.45) is 0 Å². The molecule has 0 radical (unpaired) electrons. The molecule has 1 aromatic heterocycles. The van der Waals surface area contributed by atoms with Crippen LogP contribution >= 0.6 is 0 Å². The summed E-state index contributed by atoms with van der Waals surface area (Å²) < 4.78 is 11.1. The first kappa shape index (κ1) is 13.4. The molecule has 100 valence electrons. The average Bonchev–Trinajstić information content (AvgIpc) is 2.39. The van der Waals surface area contributed by atoms with Gasteiger partial charge < -0.3 is 9.15 Å². The SMILES string of the molecule is CC.CC1(C)C=Cc2c(ccc3ccc(=O)oc23)O1. The molecule has 3 rings (SSSR count). The summed E-state index contributed by atoms with van der Waals surface area (Å²) in [6, 6.07) is 6.98. The minimum absolute atomic E-state index is 0.324. The molecule has 1 aromatic carbocycles. The van der Waals surface area contributed by atoms with Gasteiger partial charge in [0.2, 0.25) is 0 Å². The predicted octanol–water partition coefficient (Wildman–Crippen LogP) is 4.00. The molecule has 2 aromatic rings. The van der Waals surface area contributed by atoms with E-state index in [0.717, 1.165) is 16.7 Å². The molecule has 3 heteroatoms. The molecular weight excluding hydrogens is 240 g/mol. The minimum Gasteiger partial charge on any atom is -0.483 e. The zero-order valence-corrected chi connectivity index (χ0v) is 11.7. The second-order valence-corrected chi connectivity index (χ2v) is 4.69. The predicted molar refractivity (Wildman–Crippen MR) is 77.6 cm³/mol. The number of hydrogen-bond donors (Lipinski definition) is 0. The molecule has 1 aliphatic rings. The highest BCUT2D eigenvalue weighted by Crippen LogP contribution is 2.35. The Morgan fingerprint density at radius 3 is 2.47 bits per heavy atom. The van der Waals surface area contributed by atoms with Crippen LogP contribution in [0.3, 0.4) is 0 Å². The van der Waals surface area contributed by atoms with Gasteiger partial charge in [-0.05, 0) is 44.2 Å². The molecular formula is C16H18O3. The molecule has 19 heavy (non-hydrogen) atoms. The molecule has 0 bridgehead atoms. The molecule has 0 N–H and O–H groups in total. The van der Waals surface area contributed by atoms with Gasteiger partial charge in [-0.1, -0.05) is 13.8 Å². The minimum atomic E-state index is -0.343. The summed E-state index contributed by atoms with van der Waals surface area (Å²) in [6.45, 7) is 7.97. The van der Waals surface area contributed by atoms with Crippen molar-refractivity contribution in [3.8, 4) is 5.75 Å². The Balaban J connectivity index is 0.000000637. The third-order valence-corrected chi connectivity index (χ3v) is 2.81. The van der Waals surface area contributed by atoms with Gasteiger partial charge in [-0.2, -0.15) is 0 Å². The number of fused-ring (bicyclic) bond motifs is 3. The largest absolute Gasteiger partial charge is 0.483 e. The van der Waals surface area contributed by atoms with E-state index < -0.39 is 0 Å². The normalized spacial score (nSPS) is 15.2. The summed E-state index contributed by atoms with van der Waals surface area (Å²) in [5, 5.41) is 0.899. The Bertz CT molecular complexity index is 678. The lowest BCUT2D eigenvalue weighted by Gasteiger charge is -2.27. The Morgan fingerprint density at radius 1 is 1.05 bits per heavy atom. The lowest BCUT2D eigenvalue weighted by molar-refractivity contribution is 0.159. The van der Waals surface area contributed by atoms with Gasteiger partial charge in [-0.15, -0.1) is 0 Å². The van der Waals surface area contributed by atoms with E-state index in [2.05, 4.69) is 0 Å². The van der Waals surface area contributed by atoms with Gasteiger partial charge in [0.1, 0.15) is 16.9 Å². The van der Waals surface area contributed by atoms with E-state index in [9.17, 15) is 4.79 Å². The van der Waals surface area contributed by atoms with Gasteiger partial charge >= 0.3 is 5.63 Å². The van der Waals surface area contributed by atoms with Gasteiger partial charge in [0.15, 0.2) is 0 Å². The number of rotatable bonds is 0. The zero-order valence-electron chi connectivity index (χ0n) is 11.7. The average molecular weight is 258 g/mol. The Kier molecular flexibility index (Phi) is 3.47. The molecule has 2 heterocycles. The van der Waals surface area contributed by atoms with E-state index in [1.165, 1.54) is 6.07 Å². The molecule has 0 amide bonds. The number of benzene rings is 1. The van der Waals surface area contributed by atoms with Gasteiger partial charge in [0.05, 0.1) is 5.56 Å². The number of hydrogen-bond acceptors (Lipinski definition) is 3. The molecule has 0 fully saturated rings. The van der Waals surface area contributed by atoms with Crippen LogP contribution in [0.5, 0.6) is 5.75 Å². The van der Waals surface area contributed by atoms with E-state index in [-0.39, 0.29) is 11.2 Å². The van der Waals surface area contributed by atoms with Crippen LogP contribution in [0.15, 0.2) is 39.6 Å². The molecule has 0 spiro atoms.